The second kappa shape index (κ2) is 11.0. The van der Waals surface area contributed by atoms with Crippen LogP contribution in [0.5, 0.6) is 0 Å². The lowest BCUT2D eigenvalue weighted by Gasteiger charge is -2.24. The molecule has 0 aliphatic heterocycles. The van der Waals surface area contributed by atoms with Gasteiger partial charge in [0, 0.05) is 11.9 Å². The van der Waals surface area contributed by atoms with E-state index in [1.54, 1.807) is 31.2 Å². The highest BCUT2D eigenvalue weighted by molar-refractivity contribution is 7.93. The number of benzene rings is 3. The smallest absolute Gasteiger partial charge is 0.264 e. The third-order valence-electron chi connectivity index (χ3n) is 5.37. The van der Waals surface area contributed by atoms with E-state index in [-0.39, 0.29) is 27.0 Å². The molecule has 0 spiro atoms. The molecule has 0 aliphatic carbocycles. The number of nitrogens with one attached hydrogen (secondary N) is 2. The first-order chi connectivity index (χ1) is 18.1. The Morgan fingerprint density at radius 2 is 1.47 bits per heavy atom. The van der Waals surface area contributed by atoms with Gasteiger partial charge in [0.25, 0.3) is 20.0 Å². The summed E-state index contributed by atoms with van der Waals surface area (Å²) in [5, 5.41) is 2.53. The van der Waals surface area contributed by atoms with Crippen molar-refractivity contribution in [2.24, 2.45) is 0 Å². The summed E-state index contributed by atoms with van der Waals surface area (Å²) < 4.78 is 69.6. The average molecular weight is 555 g/mol. The number of carbonyl (C=O) groups is 1. The zero-order chi connectivity index (χ0) is 27.3. The van der Waals surface area contributed by atoms with E-state index >= 15 is 0 Å². The minimum absolute atomic E-state index is 0.0731. The summed E-state index contributed by atoms with van der Waals surface area (Å²) in [6, 6.07) is 21.3. The third-order valence-corrected chi connectivity index (χ3v) is 8.51. The third kappa shape index (κ3) is 6.15. The molecule has 0 atom stereocenters. The predicted octanol–water partition coefficient (Wildman–Crippen LogP) is 4.16. The molecule has 9 nitrogen and oxygen atoms in total. The van der Waals surface area contributed by atoms with Crippen LogP contribution in [0.1, 0.15) is 5.56 Å². The number of para-hydroxylation sites is 1. The van der Waals surface area contributed by atoms with Crippen LogP contribution in [0.2, 0.25) is 0 Å². The van der Waals surface area contributed by atoms with E-state index in [0.29, 0.717) is 4.31 Å². The van der Waals surface area contributed by atoms with Gasteiger partial charge in [-0.15, -0.1) is 0 Å². The molecular formula is C26H23FN4O5S2. The lowest BCUT2D eigenvalue weighted by Crippen LogP contribution is -2.38. The SMILES string of the molecule is Cc1ccc(S(=O)(=O)N(CC(=O)Nc2ccc(S(=O)(=O)Nc3ccccn3)cc2)c2ccccc2F)cc1. The maximum atomic E-state index is 14.6. The van der Waals surface area contributed by atoms with Crippen LogP contribution in [0.25, 0.3) is 0 Å². The summed E-state index contributed by atoms with van der Waals surface area (Å²) in [7, 11) is -8.22. The number of aromatic nitrogens is 1. The van der Waals surface area contributed by atoms with E-state index in [0.717, 1.165) is 11.6 Å². The van der Waals surface area contributed by atoms with Crippen molar-refractivity contribution in [1.82, 2.24) is 4.98 Å². The Morgan fingerprint density at radius 3 is 2.11 bits per heavy atom. The molecule has 1 heterocycles. The number of aryl methyl sites for hydroxylation is 1. The number of halogens is 1. The molecule has 1 aromatic heterocycles. The standard InChI is InChI=1S/C26H23FN4O5S2/c1-19-9-13-22(14-10-19)38(35,36)31(24-7-3-2-6-23(24)27)18-26(32)29-20-11-15-21(16-12-20)37(33,34)30-25-8-4-5-17-28-25/h2-17H,18H2,1H3,(H,28,30)(H,29,32). The second-order valence-electron chi connectivity index (χ2n) is 8.17. The van der Waals surface area contributed by atoms with Crippen molar-refractivity contribution in [3.63, 3.8) is 0 Å². The Balaban J connectivity index is 1.54. The highest BCUT2D eigenvalue weighted by atomic mass is 32.2. The lowest BCUT2D eigenvalue weighted by molar-refractivity contribution is -0.114. The van der Waals surface area contributed by atoms with E-state index < -0.39 is 38.3 Å². The van der Waals surface area contributed by atoms with Gasteiger partial charge in [0.15, 0.2) is 0 Å². The fraction of sp³-hybridized carbons (Fsp3) is 0.0769. The van der Waals surface area contributed by atoms with Crippen molar-refractivity contribution < 1.29 is 26.0 Å². The van der Waals surface area contributed by atoms with E-state index in [2.05, 4.69) is 15.0 Å². The van der Waals surface area contributed by atoms with Gasteiger partial charge in [0.1, 0.15) is 18.2 Å². The van der Waals surface area contributed by atoms with Crippen LogP contribution in [0.15, 0.2) is 107 Å². The number of carbonyl (C=O) groups excluding carboxylic acids is 1. The number of rotatable bonds is 9. The van der Waals surface area contributed by atoms with Crippen molar-refractivity contribution in [2.45, 2.75) is 16.7 Å². The van der Waals surface area contributed by atoms with Crippen LogP contribution in [-0.2, 0) is 24.8 Å². The van der Waals surface area contributed by atoms with Gasteiger partial charge in [-0.1, -0.05) is 35.9 Å². The first-order valence-electron chi connectivity index (χ1n) is 11.2. The summed E-state index contributed by atoms with van der Waals surface area (Å²) in [5.74, 6) is -1.43. The molecule has 4 aromatic rings. The molecule has 196 valence electrons. The zero-order valence-electron chi connectivity index (χ0n) is 20.1. The second-order valence-corrected chi connectivity index (χ2v) is 11.7. The predicted molar refractivity (Wildman–Crippen MR) is 142 cm³/mol. The number of amides is 1. The summed E-state index contributed by atoms with van der Waals surface area (Å²) in [5.41, 5.74) is 0.762. The molecule has 1 amide bonds. The van der Waals surface area contributed by atoms with Crippen LogP contribution in [0.4, 0.5) is 21.6 Å². The average Bonchev–Trinajstić information content (AvgIpc) is 2.89. The Bertz CT molecular complexity index is 1650. The first-order valence-corrected chi connectivity index (χ1v) is 14.2. The summed E-state index contributed by atoms with van der Waals surface area (Å²) in [4.78, 5) is 16.6. The number of anilines is 3. The molecule has 0 saturated carbocycles. The van der Waals surface area contributed by atoms with E-state index in [4.69, 9.17) is 0 Å². The molecule has 2 N–H and O–H groups in total. The molecule has 0 fully saturated rings. The molecule has 0 radical (unpaired) electrons. The van der Waals surface area contributed by atoms with Crippen LogP contribution in [0, 0.1) is 12.7 Å². The number of nitrogens with zero attached hydrogens (tertiary/aromatic N) is 2. The molecule has 38 heavy (non-hydrogen) atoms. The molecule has 0 saturated heterocycles. The molecule has 4 rings (SSSR count). The molecule has 12 heteroatoms. The van der Waals surface area contributed by atoms with Crippen molar-refractivity contribution in [3.8, 4) is 0 Å². The maximum absolute atomic E-state index is 14.6. The molecule has 0 aliphatic rings. The molecule has 3 aromatic carbocycles. The van der Waals surface area contributed by atoms with Crippen molar-refractivity contribution in [2.75, 3.05) is 20.9 Å². The Hall–Kier alpha value is -4.29. The Labute approximate surface area is 220 Å². The number of pyridine rings is 1. The monoisotopic (exact) mass is 554 g/mol. The van der Waals surface area contributed by atoms with Crippen LogP contribution in [0.3, 0.4) is 0 Å². The van der Waals surface area contributed by atoms with Crippen molar-refractivity contribution in [3.05, 3.63) is 109 Å². The van der Waals surface area contributed by atoms with Gasteiger partial charge in [-0.2, -0.15) is 0 Å². The Kier molecular flexibility index (Phi) is 7.74. The van der Waals surface area contributed by atoms with E-state index in [1.165, 1.54) is 66.9 Å². The number of sulfonamides is 2. The highest BCUT2D eigenvalue weighted by Crippen LogP contribution is 2.26. The Morgan fingerprint density at radius 1 is 0.842 bits per heavy atom. The van der Waals surface area contributed by atoms with Crippen LogP contribution < -0.4 is 14.3 Å². The molecular weight excluding hydrogens is 531 g/mol. The van der Waals surface area contributed by atoms with Gasteiger partial charge in [0.2, 0.25) is 5.91 Å². The topological polar surface area (TPSA) is 126 Å². The maximum Gasteiger partial charge on any atom is 0.264 e. The number of hydrogen-bond donors (Lipinski definition) is 2. The zero-order valence-corrected chi connectivity index (χ0v) is 21.7. The van der Waals surface area contributed by atoms with Gasteiger partial charge >= 0.3 is 0 Å². The van der Waals surface area contributed by atoms with Crippen molar-refractivity contribution >= 4 is 43.1 Å². The van der Waals surface area contributed by atoms with Gasteiger partial charge < -0.3 is 5.32 Å². The lowest BCUT2D eigenvalue weighted by atomic mass is 10.2. The van der Waals surface area contributed by atoms with Gasteiger partial charge in [-0.3, -0.25) is 13.8 Å². The van der Waals surface area contributed by atoms with Crippen molar-refractivity contribution in [1.29, 1.82) is 0 Å². The minimum Gasteiger partial charge on any atom is -0.325 e. The van der Waals surface area contributed by atoms with Crippen LogP contribution >= 0.6 is 0 Å². The highest BCUT2D eigenvalue weighted by Gasteiger charge is 2.29. The molecule has 0 unspecified atom stereocenters. The van der Waals surface area contributed by atoms with Gasteiger partial charge in [-0.25, -0.2) is 26.2 Å². The largest absolute Gasteiger partial charge is 0.325 e. The minimum atomic E-state index is -4.30. The summed E-state index contributed by atoms with van der Waals surface area (Å²) in [6.07, 6.45) is 1.44. The first kappa shape index (κ1) is 26.8. The van der Waals surface area contributed by atoms with Gasteiger partial charge in [-0.05, 0) is 67.6 Å². The quantitative estimate of drug-likeness (QED) is 0.320. The van der Waals surface area contributed by atoms with E-state index in [9.17, 15) is 26.0 Å². The van der Waals surface area contributed by atoms with E-state index in [1.807, 2.05) is 0 Å². The van der Waals surface area contributed by atoms with Gasteiger partial charge in [0.05, 0.1) is 15.5 Å². The molecule has 0 bridgehead atoms. The summed E-state index contributed by atoms with van der Waals surface area (Å²) in [6.45, 7) is 1.07. The fourth-order valence-electron chi connectivity index (χ4n) is 3.46. The number of hydrogen-bond acceptors (Lipinski definition) is 6. The fourth-order valence-corrected chi connectivity index (χ4v) is 5.90. The normalized spacial score (nSPS) is 11.5. The van der Waals surface area contributed by atoms with Crippen LogP contribution in [-0.4, -0.2) is 34.3 Å². The summed E-state index contributed by atoms with van der Waals surface area (Å²) >= 11 is 0.